The lowest BCUT2D eigenvalue weighted by molar-refractivity contribution is 0.285. The van der Waals surface area contributed by atoms with Gasteiger partial charge in [-0.1, -0.05) is 13.8 Å². The van der Waals surface area contributed by atoms with Gasteiger partial charge in [-0.3, -0.25) is 0 Å². The van der Waals surface area contributed by atoms with Gasteiger partial charge in [-0.2, -0.15) is 0 Å². The zero-order valence-corrected chi connectivity index (χ0v) is 6.93. The monoisotopic (exact) mass is 139 g/mol. The number of hydrogen-bond acceptors (Lipinski definition) is 1. The van der Waals surface area contributed by atoms with Crippen molar-refractivity contribution >= 4 is 0 Å². The lowest BCUT2D eigenvalue weighted by Crippen LogP contribution is -2.35. The van der Waals surface area contributed by atoms with Crippen molar-refractivity contribution in [2.45, 2.75) is 32.7 Å². The van der Waals surface area contributed by atoms with Crippen LogP contribution in [0.3, 0.4) is 0 Å². The average Bonchev–Trinajstić information content (AvgIpc) is 2.44. The molecular formula is C9H17N. The quantitative estimate of drug-likeness (QED) is 0.582. The Morgan fingerprint density at radius 2 is 2.10 bits per heavy atom. The first-order valence-electron chi connectivity index (χ1n) is 4.50. The first-order chi connectivity index (χ1) is 4.77. The smallest absolute Gasteiger partial charge is 0.0101 e. The van der Waals surface area contributed by atoms with E-state index >= 15 is 0 Å². The van der Waals surface area contributed by atoms with Crippen LogP contribution in [0.1, 0.15) is 26.7 Å². The van der Waals surface area contributed by atoms with E-state index in [9.17, 15) is 0 Å². The minimum absolute atomic E-state index is 0.880. The second kappa shape index (κ2) is 2.23. The van der Waals surface area contributed by atoms with Gasteiger partial charge in [0.2, 0.25) is 0 Å². The molecule has 3 atom stereocenters. The number of nitrogens with one attached hydrogen (secondary N) is 1. The van der Waals surface area contributed by atoms with E-state index in [4.69, 9.17) is 0 Å². The van der Waals surface area contributed by atoms with E-state index < -0.39 is 0 Å². The van der Waals surface area contributed by atoms with E-state index in [0.717, 1.165) is 23.8 Å². The van der Waals surface area contributed by atoms with Crippen molar-refractivity contribution in [1.29, 1.82) is 0 Å². The summed E-state index contributed by atoms with van der Waals surface area (Å²) in [7, 11) is 0. The predicted octanol–water partition coefficient (Wildman–Crippen LogP) is 1.64. The summed E-state index contributed by atoms with van der Waals surface area (Å²) in [5, 5.41) is 3.59. The normalized spacial score (nSPS) is 45.3. The summed E-state index contributed by atoms with van der Waals surface area (Å²) in [6.07, 6.45) is 2.96. The van der Waals surface area contributed by atoms with Crippen LogP contribution < -0.4 is 5.32 Å². The standard InChI is InChI=1S/C9H17N/c1-6(2)8-3-7-4-9(8)10-5-7/h6-10H,3-5H2,1-2H3. The van der Waals surface area contributed by atoms with E-state index in [-0.39, 0.29) is 0 Å². The molecule has 2 fully saturated rings. The van der Waals surface area contributed by atoms with Crippen LogP contribution in [0.25, 0.3) is 0 Å². The van der Waals surface area contributed by atoms with Gasteiger partial charge in [0.05, 0.1) is 0 Å². The Morgan fingerprint density at radius 3 is 2.40 bits per heavy atom. The summed E-state index contributed by atoms with van der Waals surface area (Å²) in [6, 6.07) is 0.880. The molecule has 1 saturated heterocycles. The van der Waals surface area contributed by atoms with Crippen molar-refractivity contribution in [3.8, 4) is 0 Å². The largest absolute Gasteiger partial charge is 0.313 e. The molecule has 1 heterocycles. The molecule has 1 N–H and O–H groups in total. The molecule has 1 aliphatic carbocycles. The molecule has 0 radical (unpaired) electrons. The number of hydrogen-bond donors (Lipinski definition) is 1. The summed E-state index contributed by atoms with van der Waals surface area (Å²) in [5.41, 5.74) is 0. The van der Waals surface area contributed by atoms with Crippen LogP contribution in [-0.4, -0.2) is 12.6 Å². The van der Waals surface area contributed by atoms with Crippen LogP contribution in [0, 0.1) is 17.8 Å². The molecule has 0 spiro atoms. The Morgan fingerprint density at radius 1 is 1.30 bits per heavy atom. The highest BCUT2D eigenvalue weighted by Crippen LogP contribution is 2.39. The maximum absolute atomic E-state index is 3.59. The van der Waals surface area contributed by atoms with Crippen LogP contribution in [0.2, 0.25) is 0 Å². The number of piperidine rings is 1. The molecule has 0 aromatic carbocycles. The van der Waals surface area contributed by atoms with Crippen LogP contribution in [-0.2, 0) is 0 Å². The first kappa shape index (κ1) is 6.66. The fourth-order valence-corrected chi connectivity index (χ4v) is 2.64. The molecule has 0 aromatic heterocycles. The fourth-order valence-electron chi connectivity index (χ4n) is 2.64. The SMILES string of the molecule is CC(C)C1CC2CNC1C2. The van der Waals surface area contributed by atoms with Gasteiger partial charge in [0.1, 0.15) is 0 Å². The van der Waals surface area contributed by atoms with Crippen molar-refractivity contribution in [2.75, 3.05) is 6.54 Å². The van der Waals surface area contributed by atoms with Crippen molar-refractivity contribution in [2.24, 2.45) is 17.8 Å². The first-order valence-corrected chi connectivity index (χ1v) is 4.50. The topological polar surface area (TPSA) is 12.0 Å². The van der Waals surface area contributed by atoms with Crippen LogP contribution in [0.4, 0.5) is 0 Å². The number of rotatable bonds is 1. The Bertz CT molecular complexity index is 131. The molecule has 2 aliphatic rings. The molecule has 2 rings (SSSR count). The molecule has 0 aromatic rings. The third-order valence-electron chi connectivity index (χ3n) is 3.23. The minimum Gasteiger partial charge on any atom is -0.313 e. The summed E-state index contributed by atoms with van der Waals surface area (Å²) in [6.45, 7) is 6.01. The van der Waals surface area contributed by atoms with Crippen molar-refractivity contribution in [3.05, 3.63) is 0 Å². The molecule has 1 saturated carbocycles. The molecule has 1 heteroatoms. The molecule has 1 aliphatic heterocycles. The van der Waals surface area contributed by atoms with E-state index in [0.29, 0.717) is 0 Å². The van der Waals surface area contributed by atoms with Crippen LogP contribution in [0.5, 0.6) is 0 Å². The summed E-state index contributed by atoms with van der Waals surface area (Å²) >= 11 is 0. The second-order valence-corrected chi connectivity index (χ2v) is 4.26. The third-order valence-corrected chi connectivity index (χ3v) is 3.23. The molecule has 3 unspecified atom stereocenters. The van der Waals surface area contributed by atoms with Crippen LogP contribution in [0.15, 0.2) is 0 Å². The van der Waals surface area contributed by atoms with E-state index in [1.165, 1.54) is 19.4 Å². The average molecular weight is 139 g/mol. The van der Waals surface area contributed by atoms with Gasteiger partial charge in [-0.15, -0.1) is 0 Å². The second-order valence-electron chi connectivity index (χ2n) is 4.26. The number of fused-ring (bicyclic) bond motifs is 2. The van der Waals surface area contributed by atoms with Gasteiger partial charge < -0.3 is 5.32 Å². The predicted molar refractivity (Wildman–Crippen MR) is 42.8 cm³/mol. The highest BCUT2D eigenvalue weighted by molar-refractivity contribution is 4.96. The van der Waals surface area contributed by atoms with Gasteiger partial charge in [-0.25, -0.2) is 0 Å². The fraction of sp³-hybridized carbons (Fsp3) is 1.00. The zero-order chi connectivity index (χ0) is 7.14. The maximum atomic E-state index is 3.59. The lowest BCUT2D eigenvalue weighted by Gasteiger charge is -2.25. The van der Waals surface area contributed by atoms with Crippen molar-refractivity contribution in [1.82, 2.24) is 5.32 Å². The highest BCUT2D eigenvalue weighted by Gasteiger charge is 2.40. The summed E-state index contributed by atoms with van der Waals surface area (Å²) < 4.78 is 0. The lowest BCUT2D eigenvalue weighted by atomic mass is 9.89. The molecule has 1 nitrogen and oxygen atoms in total. The van der Waals surface area contributed by atoms with Crippen LogP contribution >= 0.6 is 0 Å². The van der Waals surface area contributed by atoms with E-state index in [1.54, 1.807) is 0 Å². The summed E-state index contributed by atoms with van der Waals surface area (Å²) in [4.78, 5) is 0. The molecule has 58 valence electrons. The van der Waals surface area contributed by atoms with Gasteiger partial charge in [0.25, 0.3) is 0 Å². The van der Waals surface area contributed by atoms with Crippen molar-refractivity contribution in [3.63, 3.8) is 0 Å². The molecular weight excluding hydrogens is 122 g/mol. The Hall–Kier alpha value is -0.0400. The van der Waals surface area contributed by atoms with E-state index in [2.05, 4.69) is 19.2 Å². The highest BCUT2D eigenvalue weighted by atomic mass is 15.0. The molecule has 10 heavy (non-hydrogen) atoms. The zero-order valence-electron chi connectivity index (χ0n) is 6.93. The van der Waals surface area contributed by atoms with Gasteiger partial charge in [0.15, 0.2) is 0 Å². The van der Waals surface area contributed by atoms with E-state index in [1.807, 2.05) is 0 Å². The third kappa shape index (κ3) is 0.878. The Labute approximate surface area is 63.2 Å². The summed E-state index contributed by atoms with van der Waals surface area (Å²) in [5.74, 6) is 2.90. The molecule has 2 bridgehead atoms. The van der Waals surface area contributed by atoms with Gasteiger partial charge in [0, 0.05) is 6.04 Å². The Balaban J connectivity index is 2.02. The van der Waals surface area contributed by atoms with Gasteiger partial charge >= 0.3 is 0 Å². The minimum atomic E-state index is 0.880. The van der Waals surface area contributed by atoms with Gasteiger partial charge in [-0.05, 0) is 37.1 Å². The maximum Gasteiger partial charge on any atom is 0.0101 e. The van der Waals surface area contributed by atoms with Crippen molar-refractivity contribution < 1.29 is 0 Å². The molecule has 0 amide bonds. The Kier molecular flexibility index (Phi) is 1.48.